The molecule has 0 aliphatic rings. The molecule has 3 N–H and O–H groups in total. The zero-order valence-electron chi connectivity index (χ0n) is 12.2. The van der Waals surface area contributed by atoms with Gasteiger partial charge in [-0.15, -0.1) is 0 Å². The van der Waals surface area contributed by atoms with Gasteiger partial charge in [0.15, 0.2) is 0 Å². The number of carboxylic acid groups (broad SMARTS) is 1. The molecule has 1 rings (SSSR count). The topological polar surface area (TPSA) is 95.5 Å². The summed E-state index contributed by atoms with van der Waals surface area (Å²) in [5, 5.41) is 14.2. The van der Waals surface area contributed by atoms with Crippen LogP contribution in [0.2, 0.25) is 5.02 Å². The van der Waals surface area contributed by atoms with Crippen LogP contribution in [-0.2, 0) is 9.59 Å². The Morgan fingerprint density at radius 1 is 1.04 bits per heavy atom. The monoisotopic (exact) mass is 376 g/mol. The fraction of sp³-hybridized carbons (Fsp3) is 0.357. The molecule has 9 heteroatoms. The van der Waals surface area contributed by atoms with E-state index in [2.05, 4.69) is 10.6 Å². The molecule has 2 amide bonds. The van der Waals surface area contributed by atoms with Crippen LogP contribution in [0.25, 0.3) is 0 Å². The van der Waals surface area contributed by atoms with Gasteiger partial charge >= 0.3 is 5.97 Å². The molecule has 0 saturated carbocycles. The normalized spacial score (nSPS) is 10.1. The molecule has 0 saturated heterocycles. The highest BCUT2D eigenvalue weighted by Gasteiger charge is 2.07. The van der Waals surface area contributed by atoms with Gasteiger partial charge in [-0.3, -0.25) is 14.4 Å². The van der Waals surface area contributed by atoms with Crippen LogP contribution in [0.5, 0.6) is 0 Å². The van der Waals surface area contributed by atoms with Gasteiger partial charge in [0, 0.05) is 28.6 Å². The number of rotatable bonds is 10. The van der Waals surface area contributed by atoms with Crippen molar-refractivity contribution in [2.75, 3.05) is 24.6 Å². The van der Waals surface area contributed by atoms with Gasteiger partial charge in [0.2, 0.25) is 5.91 Å². The van der Waals surface area contributed by atoms with Crippen molar-refractivity contribution in [2.45, 2.75) is 6.42 Å². The van der Waals surface area contributed by atoms with Crippen LogP contribution in [0, 0.1) is 0 Å². The van der Waals surface area contributed by atoms with Crippen molar-refractivity contribution in [3.05, 3.63) is 34.9 Å². The molecule has 6 nitrogen and oxygen atoms in total. The summed E-state index contributed by atoms with van der Waals surface area (Å²) in [6.45, 7) is 0.360. The van der Waals surface area contributed by atoms with E-state index in [0.717, 1.165) is 0 Å². The standard InChI is InChI=1S/C14H17ClN2O4S2/c15-11-3-1-10(2-4-11)14(21)17-9-12(18)16-6-8-23-22-7-5-13(19)20/h1-4H,5-9H2,(H,16,18)(H,17,21)(H,19,20). The van der Waals surface area contributed by atoms with Crippen LogP contribution in [-0.4, -0.2) is 47.5 Å². The molecule has 0 atom stereocenters. The molecule has 126 valence electrons. The van der Waals surface area contributed by atoms with Crippen molar-refractivity contribution in [2.24, 2.45) is 0 Å². The minimum atomic E-state index is -0.817. The Morgan fingerprint density at radius 3 is 2.35 bits per heavy atom. The fourth-order valence-electron chi connectivity index (χ4n) is 1.41. The first-order chi connectivity index (χ1) is 11.0. The number of carbonyl (C=O) groups excluding carboxylic acids is 2. The highest BCUT2D eigenvalue weighted by molar-refractivity contribution is 8.76. The summed E-state index contributed by atoms with van der Waals surface area (Å²) in [7, 11) is 2.95. The van der Waals surface area contributed by atoms with E-state index in [1.807, 2.05) is 0 Å². The molecule has 0 heterocycles. The van der Waals surface area contributed by atoms with E-state index in [9.17, 15) is 14.4 Å². The van der Waals surface area contributed by atoms with E-state index < -0.39 is 5.97 Å². The Bertz CT molecular complexity index is 540. The highest BCUT2D eigenvalue weighted by atomic mass is 35.5. The molecule has 0 aromatic heterocycles. The smallest absolute Gasteiger partial charge is 0.304 e. The first-order valence-electron chi connectivity index (χ1n) is 6.75. The van der Waals surface area contributed by atoms with Gasteiger partial charge in [0.05, 0.1) is 13.0 Å². The number of hydrogen-bond donors (Lipinski definition) is 3. The lowest BCUT2D eigenvalue weighted by atomic mass is 10.2. The Kier molecular flexibility index (Phi) is 9.58. The van der Waals surface area contributed by atoms with E-state index in [0.29, 0.717) is 28.6 Å². The SMILES string of the molecule is O=C(O)CCSSCCNC(=O)CNC(=O)c1ccc(Cl)cc1. The molecular formula is C14H17ClN2O4S2. The van der Waals surface area contributed by atoms with Crippen LogP contribution in [0.4, 0.5) is 0 Å². The summed E-state index contributed by atoms with van der Waals surface area (Å²) in [4.78, 5) is 33.6. The van der Waals surface area contributed by atoms with Crippen molar-refractivity contribution < 1.29 is 19.5 Å². The molecule has 23 heavy (non-hydrogen) atoms. The molecule has 0 fully saturated rings. The zero-order valence-corrected chi connectivity index (χ0v) is 14.6. The Hall–Kier alpha value is -1.38. The van der Waals surface area contributed by atoms with Gasteiger partial charge in [-0.2, -0.15) is 0 Å². The summed E-state index contributed by atoms with van der Waals surface area (Å²) in [6, 6.07) is 6.38. The van der Waals surface area contributed by atoms with Gasteiger partial charge < -0.3 is 15.7 Å². The number of aliphatic carboxylic acids is 1. The number of halogens is 1. The van der Waals surface area contributed by atoms with Crippen LogP contribution >= 0.6 is 33.2 Å². The molecule has 1 aromatic rings. The van der Waals surface area contributed by atoms with Gasteiger partial charge in [-0.05, 0) is 24.3 Å². The Balaban J connectivity index is 2.09. The van der Waals surface area contributed by atoms with Crippen molar-refractivity contribution in [1.82, 2.24) is 10.6 Å². The maximum atomic E-state index is 11.8. The van der Waals surface area contributed by atoms with E-state index in [-0.39, 0.29) is 24.8 Å². The molecule has 0 aliphatic heterocycles. The van der Waals surface area contributed by atoms with Gasteiger partial charge in [-0.25, -0.2) is 0 Å². The van der Waals surface area contributed by atoms with Crippen LogP contribution in [0.3, 0.4) is 0 Å². The van der Waals surface area contributed by atoms with Crippen LogP contribution in [0.15, 0.2) is 24.3 Å². The minimum absolute atomic E-state index is 0.0989. The van der Waals surface area contributed by atoms with Gasteiger partial charge in [0.1, 0.15) is 0 Å². The van der Waals surface area contributed by atoms with Crippen LogP contribution in [0.1, 0.15) is 16.8 Å². The highest BCUT2D eigenvalue weighted by Crippen LogP contribution is 2.20. The summed E-state index contributed by atoms with van der Waals surface area (Å²) < 4.78 is 0. The van der Waals surface area contributed by atoms with Crippen molar-refractivity contribution >= 4 is 51.0 Å². The van der Waals surface area contributed by atoms with Crippen molar-refractivity contribution in [1.29, 1.82) is 0 Å². The molecule has 0 bridgehead atoms. The number of carboxylic acids is 1. The minimum Gasteiger partial charge on any atom is -0.481 e. The number of nitrogens with one attached hydrogen (secondary N) is 2. The largest absolute Gasteiger partial charge is 0.481 e. The molecular weight excluding hydrogens is 360 g/mol. The second-order valence-corrected chi connectivity index (χ2v) is 7.47. The average Bonchev–Trinajstić information content (AvgIpc) is 2.52. The predicted molar refractivity (Wildman–Crippen MR) is 94.0 cm³/mol. The quantitative estimate of drug-likeness (QED) is 0.427. The lowest BCUT2D eigenvalue weighted by molar-refractivity contribution is -0.136. The van der Waals surface area contributed by atoms with Crippen LogP contribution < -0.4 is 10.6 Å². The van der Waals surface area contributed by atoms with E-state index in [1.54, 1.807) is 24.3 Å². The van der Waals surface area contributed by atoms with Crippen molar-refractivity contribution in [3.8, 4) is 0 Å². The number of benzene rings is 1. The third-order valence-electron chi connectivity index (χ3n) is 2.51. The number of carbonyl (C=O) groups is 3. The summed E-state index contributed by atoms with van der Waals surface area (Å²) in [6.07, 6.45) is 0.126. The lowest BCUT2D eigenvalue weighted by Crippen LogP contribution is -2.37. The molecule has 0 spiro atoms. The first kappa shape index (κ1) is 19.7. The summed E-state index contributed by atoms with van der Waals surface area (Å²) >= 11 is 5.73. The predicted octanol–water partition coefficient (Wildman–Crippen LogP) is 2.04. The van der Waals surface area contributed by atoms with Gasteiger partial charge in [-0.1, -0.05) is 33.2 Å². The Morgan fingerprint density at radius 2 is 1.70 bits per heavy atom. The third kappa shape index (κ3) is 9.37. The average molecular weight is 377 g/mol. The van der Waals surface area contributed by atoms with Crippen molar-refractivity contribution in [3.63, 3.8) is 0 Å². The zero-order chi connectivity index (χ0) is 17.1. The maximum absolute atomic E-state index is 11.8. The number of amides is 2. The molecule has 0 aliphatic carbocycles. The second-order valence-electron chi connectivity index (χ2n) is 4.33. The first-order valence-corrected chi connectivity index (χ1v) is 9.62. The van der Waals surface area contributed by atoms with Gasteiger partial charge in [0.25, 0.3) is 5.91 Å². The molecule has 0 unspecified atom stereocenters. The van der Waals surface area contributed by atoms with E-state index in [1.165, 1.54) is 21.6 Å². The summed E-state index contributed by atoms with van der Waals surface area (Å²) in [5.74, 6) is -0.228. The summed E-state index contributed by atoms with van der Waals surface area (Å²) in [5.41, 5.74) is 0.438. The molecule has 1 aromatic carbocycles. The molecule has 0 radical (unpaired) electrons. The number of hydrogen-bond acceptors (Lipinski definition) is 5. The maximum Gasteiger partial charge on any atom is 0.304 e. The third-order valence-corrected chi connectivity index (χ3v) is 5.17. The fourth-order valence-corrected chi connectivity index (χ4v) is 3.42. The van der Waals surface area contributed by atoms with E-state index >= 15 is 0 Å². The second kappa shape index (κ2) is 11.2. The van der Waals surface area contributed by atoms with E-state index in [4.69, 9.17) is 16.7 Å². The lowest BCUT2D eigenvalue weighted by Gasteiger charge is -2.07. The Labute approximate surface area is 147 Å².